The third-order valence-corrected chi connectivity index (χ3v) is 8.23. The number of morpholine rings is 1. The Balaban J connectivity index is 1.68. The molecule has 0 amide bonds. The molecule has 2 aromatic carbocycles. The van der Waals surface area contributed by atoms with Gasteiger partial charge in [0.1, 0.15) is 5.82 Å². The molecule has 0 atom stereocenters. The molecule has 9 heteroatoms. The van der Waals surface area contributed by atoms with Gasteiger partial charge in [-0.2, -0.15) is 12.8 Å². The smallest absolute Gasteiger partial charge is 0.282 e. The summed E-state index contributed by atoms with van der Waals surface area (Å²) in [6.45, 7) is 9.04. The number of allylic oxidation sites excluding steroid dienone is 3. The number of halogens is 1. The van der Waals surface area contributed by atoms with Gasteiger partial charge >= 0.3 is 0 Å². The highest BCUT2D eigenvalue weighted by Gasteiger charge is 2.21. The molecular formula is C25H26FN2O4S2-. The Bertz CT molecular complexity index is 1290. The lowest BCUT2D eigenvalue weighted by molar-refractivity contribution is -0.305. The minimum atomic E-state index is -4.08. The number of rotatable bonds is 5. The van der Waals surface area contributed by atoms with Gasteiger partial charge in [0, 0.05) is 23.7 Å². The summed E-state index contributed by atoms with van der Waals surface area (Å²) in [6, 6.07) is 6.55. The monoisotopic (exact) mass is 501 g/mol. The molecule has 2 aliphatic rings. The summed E-state index contributed by atoms with van der Waals surface area (Å²) >= 11 is 1.17. The number of nitrogens with zero attached hydrogens (tertiary/aromatic N) is 2. The fourth-order valence-electron chi connectivity index (χ4n) is 4.37. The molecule has 2 aliphatic heterocycles. The van der Waals surface area contributed by atoms with Crippen LogP contribution in [0.1, 0.15) is 22.3 Å². The fraction of sp³-hybridized carbons (Fsp3) is 0.320. The van der Waals surface area contributed by atoms with E-state index in [2.05, 4.69) is 22.3 Å². The molecule has 0 unspecified atom stereocenters. The van der Waals surface area contributed by atoms with Crippen LogP contribution in [0.25, 0.3) is 0 Å². The summed E-state index contributed by atoms with van der Waals surface area (Å²) < 4.78 is 48.0. The van der Waals surface area contributed by atoms with E-state index in [1.807, 2.05) is 13.8 Å². The van der Waals surface area contributed by atoms with Crippen molar-refractivity contribution in [1.29, 1.82) is 0 Å². The summed E-state index contributed by atoms with van der Waals surface area (Å²) in [5, 5.41) is 15.0. The van der Waals surface area contributed by atoms with E-state index in [4.69, 9.17) is 4.74 Å². The topological polar surface area (TPSA) is 82.0 Å². The molecule has 2 aromatic rings. The van der Waals surface area contributed by atoms with Gasteiger partial charge in [-0.15, -0.1) is 5.76 Å². The maximum absolute atomic E-state index is 13.3. The van der Waals surface area contributed by atoms with Gasteiger partial charge in [0.05, 0.1) is 23.8 Å². The molecule has 34 heavy (non-hydrogen) atoms. The number of anilines is 1. The summed E-state index contributed by atoms with van der Waals surface area (Å²) in [6.07, 6.45) is 1.67. The highest BCUT2D eigenvalue weighted by atomic mass is 32.2. The molecule has 2 heterocycles. The molecule has 180 valence electrons. The molecule has 1 saturated heterocycles. The van der Waals surface area contributed by atoms with E-state index >= 15 is 0 Å². The largest absolute Gasteiger partial charge is 0.874 e. The molecule has 1 fully saturated rings. The number of sulfonamides is 1. The molecule has 0 spiro atoms. The first-order valence-electron chi connectivity index (χ1n) is 10.9. The second-order valence-corrected chi connectivity index (χ2v) is 10.8. The van der Waals surface area contributed by atoms with Crippen molar-refractivity contribution in [3.8, 4) is 0 Å². The van der Waals surface area contributed by atoms with Crippen molar-refractivity contribution in [2.45, 2.75) is 32.1 Å². The van der Waals surface area contributed by atoms with Crippen molar-refractivity contribution < 1.29 is 22.7 Å². The van der Waals surface area contributed by atoms with Crippen molar-refractivity contribution in [3.05, 3.63) is 80.6 Å². The van der Waals surface area contributed by atoms with Crippen LogP contribution in [0.4, 0.5) is 10.1 Å². The average molecular weight is 502 g/mol. The maximum atomic E-state index is 13.3. The van der Waals surface area contributed by atoms with Crippen LogP contribution in [0.5, 0.6) is 0 Å². The Morgan fingerprint density at radius 3 is 2.50 bits per heavy atom. The third-order valence-electron chi connectivity index (χ3n) is 5.98. The van der Waals surface area contributed by atoms with Gasteiger partial charge in [-0.3, -0.25) is 0 Å². The second-order valence-electron chi connectivity index (χ2n) is 8.32. The Hall–Kier alpha value is -2.62. The molecule has 0 N–H and O–H groups in total. The molecular weight excluding hydrogens is 475 g/mol. The molecule has 6 nitrogen and oxygen atoms in total. The standard InChI is InChI=1S/C25H27FN2O4S2/c1-16-14-17(2)24(28-9-11-32-12-10-28)18(3)21(16)15-23(29)25-22(8-13-33-25)27-34(30,31)20-6-4-19(26)5-7-20/h4-8,13-14,29H,9-12,15H2,1-3H3/p-1/b25-23-,27-22+. The van der Waals surface area contributed by atoms with Crippen LogP contribution in [-0.2, 0) is 21.2 Å². The molecule has 0 aromatic heterocycles. The summed E-state index contributed by atoms with van der Waals surface area (Å²) in [7, 11) is -4.08. The van der Waals surface area contributed by atoms with Gasteiger partial charge in [0.25, 0.3) is 10.0 Å². The SMILES string of the molecule is Cc1cc(C)c(N2CCOCC2)c(C)c1C/C([O-])=C1/SC=C/C1=N\S(=O)(=O)c1ccc(F)cc1. The van der Waals surface area contributed by atoms with E-state index in [1.54, 1.807) is 5.41 Å². The molecule has 0 radical (unpaired) electrons. The van der Waals surface area contributed by atoms with Crippen LogP contribution in [0.3, 0.4) is 0 Å². The maximum Gasteiger partial charge on any atom is 0.282 e. The average Bonchev–Trinajstić information content (AvgIpc) is 3.25. The first-order valence-corrected chi connectivity index (χ1v) is 13.3. The number of benzene rings is 2. The van der Waals surface area contributed by atoms with Crippen LogP contribution in [0.15, 0.2) is 61.8 Å². The number of aryl methyl sites for hydroxylation is 2. The highest BCUT2D eigenvalue weighted by molar-refractivity contribution is 8.07. The van der Waals surface area contributed by atoms with Crippen LogP contribution >= 0.6 is 11.8 Å². The third kappa shape index (κ3) is 5.06. The van der Waals surface area contributed by atoms with Crippen molar-refractivity contribution in [3.63, 3.8) is 0 Å². The van der Waals surface area contributed by atoms with Gasteiger partial charge in [0.2, 0.25) is 0 Å². The zero-order chi connectivity index (χ0) is 24.5. The van der Waals surface area contributed by atoms with Crippen LogP contribution in [0, 0.1) is 26.6 Å². The van der Waals surface area contributed by atoms with Crippen molar-refractivity contribution >= 4 is 33.2 Å². The van der Waals surface area contributed by atoms with Crippen LogP contribution in [0.2, 0.25) is 0 Å². The first-order chi connectivity index (χ1) is 16.2. The van der Waals surface area contributed by atoms with Gasteiger partial charge in [-0.05, 0) is 85.2 Å². The number of hydrogen-bond donors (Lipinski definition) is 0. The first kappa shape index (κ1) is 24.5. The van der Waals surface area contributed by atoms with E-state index in [0.717, 1.165) is 65.3 Å². The van der Waals surface area contributed by atoms with Gasteiger partial charge in [-0.25, -0.2) is 4.39 Å². The minimum Gasteiger partial charge on any atom is -0.874 e. The predicted octanol–water partition coefficient (Wildman–Crippen LogP) is 3.79. The lowest BCUT2D eigenvalue weighted by Crippen LogP contribution is -2.37. The predicted molar refractivity (Wildman–Crippen MR) is 132 cm³/mol. The summed E-state index contributed by atoms with van der Waals surface area (Å²) in [5.74, 6) is -0.725. The molecule has 0 bridgehead atoms. The van der Waals surface area contributed by atoms with Gasteiger partial charge < -0.3 is 14.7 Å². The Labute approximate surface area is 203 Å². The lowest BCUT2D eigenvalue weighted by atomic mass is 9.93. The zero-order valence-corrected chi connectivity index (χ0v) is 20.9. The summed E-state index contributed by atoms with van der Waals surface area (Å²) in [5.41, 5.74) is 5.42. The minimum absolute atomic E-state index is 0.107. The Kier molecular flexibility index (Phi) is 7.16. The van der Waals surface area contributed by atoms with Gasteiger partial charge in [-0.1, -0.05) is 17.8 Å². The van der Waals surface area contributed by atoms with E-state index in [-0.39, 0.29) is 27.7 Å². The second kappa shape index (κ2) is 9.93. The van der Waals surface area contributed by atoms with Crippen molar-refractivity contribution in [2.75, 3.05) is 31.2 Å². The van der Waals surface area contributed by atoms with Crippen LogP contribution < -0.4 is 10.0 Å². The van der Waals surface area contributed by atoms with Gasteiger partial charge in [0.15, 0.2) is 0 Å². The van der Waals surface area contributed by atoms with Crippen LogP contribution in [-0.4, -0.2) is 40.4 Å². The Morgan fingerprint density at radius 1 is 1.15 bits per heavy atom. The zero-order valence-electron chi connectivity index (χ0n) is 19.3. The van der Waals surface area contributed by atoms with E-state index in [0.29, 0.717) is 13.2 Å². The molecule has 4 rings (SSSR count). The number of thioether (sulfide) groups is 1. The van der Waals surface area contributed by atoms with E-state index < -0.39 is 15.8 Å². The summed E-state index contributed by atoms with van der Waals surface area (Å²) in [4.78, 5) is 2.46. The van der Waals surface area contributed by atoms with E-state index in [9.17, 15) is 17.9 Å². The number of ether oxygens (including phenoxy) is 1. The van der Waals surface area contributed by atoms with Crippen molar-refractivity contribution in [2.24, 2.45) is 4.40 Å². The normalized spacial score (nSPS) is 19.2. The molecule has 0 saturated carbocycles. The highest BCUT2D eigenvalue weighted by Crippen LogP contribution is 2.34. The van der Waals surface area contributed by atoms with Crippen molar-refractivity contribution in [1.82, 2.24) is 0 Å². The lowest BCUT2D eigenvalue weighted by Gasteiger charge is -2.33. The molecule has 0 aliphatic carbocycles. The number of hydrogen-bond acceptors (Lipinski definition) is 6. The van der Waals surface area contributed by atoms with E-state index in [1.165, 1.54) is 17.8 Å². The Morgan fingerprint density at radius 2 is 1.82 bits per heavy atom. The fourth-order valence-corrected chi connectivity index (χ4v) is 6.20. The quantitative estimate of drug-likeness (QED) is 0.580.